The molecule has 0 atom stereocenters. The summed E-state index contributed by atoms with van der Waals surface area (Å²) in [4.78, 5) is 0. The first-order valence-corrected chi connectivity index (χ1v) is 8.34. The predicted octanol–water partition coefficient (Wildman–Crippen LogP) is 2.85. The zero-order valence-corrected chi connectivity index (χ0v) is 13.2. The zero-order valence-electron chi connectivity index (χ0n) is 12.4. The van der Waals surface area contributed by atoms with Gasteiger partial charge >= 0.3 is 10.2 Å². The van der Waals surface area contributed by atoms with E-state index >= 15 is 0 Å². The van der Waals surface area contributed by atoms with Crippen molar-refractivity contribution >= 4 is 26.7 Å². The van der Waals surface area contributed by atoms with Crippen molar-refractivity contribution in [3.63, 3.8) is 0 Å². The van der Waals surface area contributed by atoms with Gasteiger partial charge in [-0.2, -0.15) is 12.7 Å². The van der Waals surface area contributed by atoms with Gasteiger partial charge in [0.05, 0.1) is 5.69 Å². The molecule has 0 aromatic heterocycles. The third-order valence-corrected chi connectivity index (χ3v) is 5.17. The molecule has 5 nitrogen and oxygen atoms in total. The number of benzene rings is 2. The van der Waals surface area contributed by atoms with Gasteiger partial charge in [0.1, 0.15) is 5.75 Å². The third kappa shape index (κ3) is 2.96. The molecule has 114 valence electrons. The number of nitrogens with one attached hydrogen (secondary N) is 1. The first-order chi connectivity index (χ1) is 9.90. The Balaban J connectivity index is 2.56. The number of rotatable bonds is 5. The maximum Gasteiger partial charge on any atom is 0.301 e. The van der Waals surface area contributed by atoms with Crippen molar-refractivity contribution in [3.8, 4) is 5.75 Å². The molecule has 0 radical (unpaired) electrons. The van der Waals surface area contributed by atoms with E-state index in [2.05, 4.69) is 4.72 Å². The number of nitrogens with zero attached hydrogens (tertiary/aromatic N) is 1. The number of aromatic hydroxyl groups is 1. The summed E-state index contributed by atoms with van der Waals surface area (Å²) in [5.41, 5.74) is 1.11. The van der Waals surface area contributed by atoms with Crippen LogP contribution in [0.15, 0.2) is 30.3 Å². The minimum Gasteiger partial charge on any atom is -0.507 e. The minimum absolute atomic E-state index is 0.177. The van der Waals surface area contributed by atoms with Crippen molar-refractivity contribution in [2.24, 2.45) is 0 Å². The Hall–Kier alpha value is -1.79. The molecule has 0 heterocycles. The van der Waals surface area contributed by atoms with Gasteiger partial charge < -0.3 is 5.11 Å². The Morgan fingerprint density at radius 1 is 1.14 bits per heavy atom. The fourth-order valence-electron chi connectivity index (χ4n) is 2.35. The third-order valence-electron chi connectivity index (χ3n) is 3.49. The smallest absolute Gasteiger partial charge is 0.301 e. The Bertz CT molecular complexity index is 753. The van der Waals surface area contributed by atoms with Gasteiger partial charge in [-0.15, -0.1) is 0 Å². The van der Waals surface area contributed by atoms with E-state index in [1.54, 1.807) is 39.0 Å². The largest absolute Gasteiger partial charge is 0.507 e. The van der Waals surface area contributed by atoms with Crippen molar-refractivity contribution in [3.05, 3.63) is 35.9 Å². The maximum atomic E-state index is 12.4. The first-order valence-electron chi connectivity index (χ1n) is 6.90. The van der Waals surface area contributed by atoms with Gasteiger partial charge in [-0.3, -0.25) is 4.72 Å². The van der Waals surface area contributed by atoms with Gasteiger partial charge in [0.25, 0.3) is 0 Å². The van der Waals surface area contributed by atoms with Crippen LogP contribution >= 0.6 is 0 Å². The summed E-state index contributed by atoms with van der Waals surface area (Å²) >= 11 is 0. The number of hydrogen-bond acceptors (Lipinski definition) is 3. The number of phenolic OH excluding ortho intramolecular Hbond substituents is 1. The summed E-state index contributed by atoms with van der Waals surface area (Å²) in [6, 6.07) is 8.83. The number of phenols is 1. The van der Waals surface area contributed by atoms with Crippen molar-refractivity contribution in [2.45, 2.75) is 20.8 Å². The fraction of sp³-hybridized carbons (Fsp3) is 0.333. The van der Waals surface area contributed by atoms with E-state index in [-0.39, 0.29) is 5.75 Å². The van der Waals surface area contributed by atoms with Crippen LogP contribution in [-0.2, 0) is 10.2 Å². The molecule has 0 aliphatic heterocycles. The van der Waals surface area contributed by atoms with E-state index in [1.165, 1.54) is 4.31 Å². The van der Waals surface area contributed by atoms with Gasteiger partial charge in [0, 0.05) is 23.9 Å². The molecule has 0 aliphatic carbocycles. The summed E-state index contributed by atoms with van der Waals surface area (Å²) in [5.74, 6) is 0.177. The monoisotopic (exact) mass is 308 g/mol. The van der Waals surface area contributed by atoms with E-state index in [0.29, 0.717) is 35.1 Å². The summed E-state index contributed by atoms with van der Waals surface area (Å²) < 4.78 is 28.7. The zero-order chi connectivity index (χ0) is 15.6. The van der Waals surface area contributed by atoms with Gasteiger partial charge in [-0.25, -0.2) is 0 Å². The number of aryl methyl sites for hydroxylation is 1. The maximum absolute atomic E-state index is 12.4. The molecule has 2 aromatic carbocycles. The van der Waals surface area contributed by atoms with E-state index in [0.717, 1.165) is 0 Å². The molecule has 2 aromatic rings. The van der Waals surface area contributed by atoms with Crippen LogP contribution in [0.2, 0.25) is 0 Å². The Kier molecular flexibility index (Phi) is 4.39. The van der Waals surface area contributed by atoms with Crippen LogP contribution in [0.5, 0.6) is 5.75 Å². The molecular formula is C15H20N2O3S. The molecular weight excluding hydrogens is 288 g/mol. The van der Waals surface area contributed by atoms with Crippen LogP contribution in [0.1, 0.15) is 19.4 Å². The predicted molar refractivity (Wildman–Crippen MR) is 85.8 cm³/mol. The van der Waals surface area contributed by atoms with Gasteiger partial charge in [0.2, 0.25) is 0 Å². The van der Waals surface area contributed by atoms with Crippen LogP contribution in [0.4, 0.5) is 5.69 Å². The average molecular weight is 308 g/mol. The van der Waals surface area contributed by atoms with Crippen LogP contribution in [0.3, 0.4) is 0 Å². The number of anilines is 1. The van der Waals surface area contributed by atoms with Crippen LogP contribution in [0.25, 0.3) is 10.8 Å². The summed E-state index contributed by atoms with van der Waals surface area (Å²) in [5, 5.41) is 11.4. The van der Waals surface area contributed by atoms with Crippen molar-refractivity contribution in [1.29, 1.82) is 0 Å². The first kappa shape index (κ1) is 15.6. The second-order valence-electron chi connectivity index (χ2n) is 4.83. The average Bonchev–Trinajstić information content (AvgIpc) is 2.45. The molecule has 6 heteroatoms. The van der Waals surface area contributed by atoms with E-state index in [4.69, 9.17) is 0 Å². The second-order valence-corrected chi connectivity index (χ2v) is 6.50. The summed E-state index contributed by atoms with van der Waals surface area (Å²) in [6.07, 6.45) is 0. The Morgan fingerprint density at radius 2 is 1.71 bits per heavy atom. The Labute approximate surface area is 125 Å². The molecule has 2 N–H and O–H groups in total. The van der Waals surface area contributed by atoms with E-state index in [9.17, 15) is 13.5 Å². The normalized spacial score (nSPS) is 12.0. The molecule has 0 fully saturated rings. The lowest BCUT2D eigenvalue weighted by Crippen LogP contribution is -2.35. The van der Waals surface area contributed by atoms with Crippen LogP contribution in [0, 0.1) is 6.92 Å². The summed E-state index contributed by atoms with van der Waals surface area (Å²) in [7, 11) is -3.59. The highest BCUT2D eigenvalue weighted by molar-refractivity contribution is 7.90. The highest BCUT2D eigenvalue weighted by Crippen LogP contribution is 2.34. The van der Waals surface area contributed by atoms with Crippen molar-refractivity contribution in [2.75, 3.05) is 17.8 Å². The molecule has 0 unspecified atom stereocenters. The molecule has 21 heavy (non-hydrogen) atoms. The highest BCUT2D eigenvalue weighted by atomic mass is 32.2. The number of hydrogen-bond donors (Lipinski definition) is 2. The lowest BCUT2D eigenvalue weighted by molar-refractivity contribution is 0.449. The fourth-order valence-corrected chi connectivity index (χ4v) is 3.61. The molecule has 0 saturated carbocycles. The van der Waals surface area contributed by atoms with Crippen LogP contribution in [-0.4, -0.2) is 30.9 Å². The molecule has 0 spiro atoms. The lowest BCUT2D eigenvalue weighted by atomic mass is 10.0. The molecule has 0 saturated heterocycles. The minimum atomic E-state index is -3.59. The van der Waals surface area contributed by atoms with Crippen molar-refractivity contribution < 1.29 is 13.5 Å². The molecule has 2 rings (SSSR count). The second kappa shape index (κ2) is 5.91. The van der Waals surface area contributed by atoms with Crippen LogP contribution < -0.4 is 4.72 Å². The molecule has 0 amide bonds. The van der Waals surface area contributed by atoms with Crippen molar-refractivity contribution in [1.82, 2.24) is 4.31 Å². The SMILES string of the molecule is CCN(CC)S(=O)(=O)Nc1cc(C)c(O)c2ccccc12. The number of fused-ring (bicyclic) bond motifs is 1. The molecule has 0 bridgehead atoms. The van der Waals surface area contributed by atoms with E-state index in [1.807, 2.05) is 12.1 Å². The van der Waals surface area contributed by atoms with E-state index < -0.39 is 10.2 Å². The standard InChI is InChI=1S/C15H20N2O3S/c1-4-17(5-2)21(19,20)16-14-10-11(3)15(18)13-9-7-6-8-12(13)14/h6-10,16,18H,4-5H2,1-3H3. The molecule has 0 aliphatic rings. The Morgan fingerprint density at radius 3 is 2.29 bits per heavy atom. The van der Waals surface area contributed by atoms with Gasteiger partial charge in [-0.1, -0.05) is 38.1 Å². The highest BCUT2D eigenvalue weighted by Gasteiger charge is 2.20. The lowest BCUT2D eigenvalue weighted by Gasteiger charge is -2.20. The topological polar surface area (TPSA) is 69.6 Å². The summed E-state index contributed by atoms with van der Waals surface area (Å²) in [6.45, 7) is 6.14. The van der Waals surface area contributed by atoms with Gasteiger partial charge in [0.15, 0.2) is 0 Å². The van der Waals surface area contributed by atoms with Gasteiger partial charge in [-0.05, 0) is 18.6 Å². The quantitative estimate of drug-likeness (QED) is 0.834.